The Morgan fingerprint density at radius 1 is 0.439 bits per heavy atom. The van der Waals surface area contributed by atoms with Gasteiger partial charge in [-0.3, -0.25) is 9.59 Å². The summed E-state index contributed by atoms with van der Waals surface area (Å²) in [4.78, 5) is 25.1. The number of aliphatic hydroxyl groups excluding tert-OH is 5. The van der Waals surface area contributed by atoms with Crippen molar-refractivity contribution >= 4 is 11.9 Å². The number of nitrogens with one attached hydrogen (secondary N) is 1. The highest BCUT2D eigenvalue weighted by atomic mass is 16.7. The molecule has 7 atom stereocenters. The normalized spacial score (nSPS) is 18.2. The van der Waals surface area contributed by atoms with E-state index in [0.717, 1.165) is 51.4 Å². The largest absolute Gasteiger partial charge is 0.466 e. The average Bonchev–Trinajstić information content (AvgIpc) is 3.48. The standard InChI is InChI=1S/C71H137NO10/c1-3-5-7-9-11-13-14-15-16-33-36-39-43-47-51-55-59-67(76)80-60-56-52-48-44-40-37-34-31-29-27-25-23-21-19-17-18-20-22-24-26-28-30-32-35-38-42-46-50-54-58-66(75)72-63(64(74)57-53-49-45-41-12-10-8-6-4-2)62-81-71-70(79)69(78)68(77)65(61-73)82-71/h53,57,63-65,68-71,73-74,77-79H,3-52,54-56,58-62H2,1-2H3,(H,72,75)/b57-53+. The number of hydrogen-bond donors (Lipinski definition) is 6. The number of allylic oxidation sites excluding steroid dienone is 1. The summed E-state index contributed by atoms with van der Waals surface area (Å²) in [5.74, 6) is -0.163. The lowest BCUT2D eigenvalue weighted by molar-refractivity contribution is -0.302. The summed E-state index contributed by atoms with van der Waals surface area (Å²) in [7, 11) is 0. The molecule has 0 bridgehead atoms. The molecule has 82 heavy (non-hydrogen) atoms. The second-order valence-corrected chi connectivity index (χ2v) is 25.3. The Balaban J connectivity index is 1.89. The number of carbonyl (C=O) groups excluding carboxylic acids is 2. The zero-order valence-electron chi connectivity index (χ0n) is 54.0. The number of esters is 1. The van der Waals surface area contributed by atoms with E-state index in [9.17, 15) is 35.1 Å². The molecule has 1 aliphatic rings. The van der Waals surface area contributed by atoms with E-state index in [1.165, 1.54) is 289 Å². The van der Waals surface area contributed by atoms with Crippen LogP contribution < -0.4 is 5.32 Å². The van der Waals surface area contributed by atoms with Gasteiger partial charge in [-0.15, -0.1) is 0 Å². The van der Waals surface area contributed by atoms with Gasteiger partial charge in [-0.1, -0.05) is 334 Å². The fourth-order valence-corrected chi connectivity index (χ4v) is 11.7. The van der Waals surface area contributed by atoms with Gasteiger partial charge in [-0.25, -0.2) is 0 Å². The Morgan fingerprint density at radius 2 is 0.768 bits per heavy atom. The lowest BCUT2D eigenvalue weighted by atomic mass is 9.99. The molecular weight excluding hydrogens is 1030 g/mol. The van der Waals surface area contributed by atoms with Crippen LogP contribution in [0.3, 0.4) is 0 Å². The first-order valence-electron chi connectivity index (χ1n) is 36.0. The Morgan fingerprint density at radius 3 is 1.13 bits per heavy atom. The molecule has 11 nitrogen and oxygen atoms in total. The van der Waals surface area contributed by atoms with Gasteiger partial charge in [0.1, 0.15) is 24.4 Å². The number of ether oxygens (including phenoxy) is 3. The van der Waals surface area contributed by atoms with Crippen LogP contribution in [0.1, 0.15) is 367 Å². The Kier molecular flexibility index (Phi) is 58.4. The van der Waals surface area contributed by atoms with Crippen molar-refractivity contribution in [2.24, 2.45) is 0 Å². The van der Waals surface area contributed by atoms with Crippen molar-refractivity contribution in [2.75, 3.05) is 19.8 Å². The van der Waals surface area contributed by atoms with E-state index in [0.29, 0.717) is 19.4 Å². The van der Waals surface area contributed by atoms with Gasteiger partial charge in [-0.2, -0.15) is 0 Å². The van der Waals surface area contributed by atoms with E-state index in [4.69, 9.17) is 14.2 Å². The third-order valence-corrected chi connectivity index (χ3v) is 17.4. The summed E-state index contributed by atoms with van der Waals surface area (Å²) in [5.41, 5.74) is 0. The molecule has 6 N–H and O–H groups in total. The zero-order chi connectivity index (χ0) is 59.5. The number of carbonyl (C=O) groups is 2. The molecule has 0 aromatic rings. The first-order valence-corrected chi connectivity index (χ1v) is 36.0. The number of hydrogen-bond acceptors (Lipinski definition) is 10. The number of unbranched alkanes of at least 4 members (excludes halogenated alkanes) is 50. The van der Waals surface area contributed by atoms with Gasteiger partial charge in [0, 0.05) is 12.8 Å². The maximum Gasteiger partial charge on any atom is 0.305 e. The highest BCUT2D eigenvalue weighted by Crippen LogP contribution is 2.24. The van der Waals surface area contributed by atoms with Crippen molar-refractivity contribution in [3.63, 3.8) is 0 Å². The van der Waals surface area contributed by atoms with E-state index in [-0.39, 0.29) is 18.5 Å². The van der Waals surface area contributed by atoms with Crippen molar-refractivity contribution in [1.29, 1.82) is 0 Å². The minimum absolute atomic E-state index is 0.0151. The van der Waals surface area contributed by atoms with Gasteiger partial charge in [0.05, 0.1) is 32.0 Å². The molecule has 7 unspecified atom stereocenters. The average molecular weight is 1160 g/mol. The predicted octanol–water partition coefficient (Wildman–Crippen LogP) is 18.2. The molecule has 1 fully saturated rings. The smallest absolute Gasteiger partial charge is 0.305 e. The summed E-state index contributed by atoms with van der Waals surface area (Å²) in [6.45, 7) is 4.36. The first kappa shape index (κ1) is 78.4. The Hall–Kier alpha value is -1.60. The first-order chi connectivity index (χ1) is 40.2. The maximum absolute atomic E-state index is 13.0. The summed E-state index contributed by atoms with van der Waals surface area (Å²) in [6.07, 6.45) is 65.1. The van der Waals surface area contributed by atoms with Crippen LogP contribution in [0.2, 0.25) is 0 Å². The fourth-order valence-electron chi connectivity index (χ4n) is 11.7. The number of rotatable bonds is 64. The second kappa shape index (κ2) is 61.1. The van der Waals surface area contributed by atoms with Crippen LogP contribution in [0.4, 0.5) is 0 Å². The predicted molar refractivity (Wildman–Crippen MR) is 343 cm³/mol. The van der Waals surface area contributed by atoms with Gasteiger partial charge >= 0.3 is 5.97 Å². The molecule has 1 aliphatic heterocycles. The molecule has 0 saturated carbocycles. The van der Waals surface area contributed by atoms with Crippen LogP contribution in [-0.2, 0) is 23.8 Å². The molecule has 0 aromatic heterocycles. The third kappa shape index (κ3) is 49.5. The molecule has 486 valence electrons. The molecule has 1 amide bonds. The van der Waals surface area contributed by atoms with Gasteiger partial charge in [-0.05, 0) is 32.1 Å². The molecule has 0 radical (unpaired) electrons. The highest BCUT2D eigenvalue weighted by molar-refractivity contribution is 5.76. The van der Waals surface area contributed by atoms with E-state index >= 15 is 0 Å². The van der Waals surface area contributed by atoms with Crippen LogP contribution in [0.5, 0.6) is 0 Å². The minimum atomic E-state index is -1.57. The fraction of sp³-hybridized carbons (Fsp3) is 0.944. The number of amides is 1. The van der Waals surface area contributed by atoms with Gasteiger partial charge in [0.15, 0.2) is 6.29 Å². The molecule has 1 saturated heterocycles. The van der Waals surface area contributed by atoms with E-state index < -0.39 is 49.5 Å². The molecular formula is C71H137NO10. The van der Waals surface area contributed by atoms with Gasteiger partial charge < -0.3 is 45.1 Å². The third-order valence-electron chi connectivity index (χ3n) is 17.4. The van der Waals surface area contributed by atoms with Crippen molar-refractivity contribution in [3.8, 4) is 0 Å². The SMILES string of the molecule is CCCCCCCCC/C=C/C(O)C(COC1OC(CO)C(O)C(O)C1O)NC(=O)CCCCCCCCCCCCCCCCCCCCCCCCCCCCCCCOC(=O)CCCCCCCCCCCCCCCCCC. The van der Waals surface area contributed by atoms with Gasteiger partial charge in [0.2, 0.25) is 5.91 Å². The Bertz CT molecular complexity index is 1370. The molecule has 1 heterocycles. The van der Waals surface area contributed by atoms with Crippen LogP contribution in [0, 0.1) is 0 Å². The zero-order valence-corrected chi connectivity index (χ0v) is 54.0. The summed E-state index contributed by atoms with van der Waals surface area (Å²) >= 11 is 0. The van der Waals surface area contributed by atoms with Crippen molar-refractivity contribution in [1.82, 2.24) is 5.32 Å². The van der Waals surface area contributed by atoms with E-state index in [1.807, 2.05) is 6.08 Å². The van der Waals surface area contributed by atoms with Crippen LogP contribution in [-0.4, -0.2) is 100 Å². The van der Waals surface area contributed by atoms with Crippen molar-refractivity contribution in [3.05, 3.63) is 12.2 Å². The van der Waals surface area contributed by atoms with E-state index in [1.54, 1.807) is 6.08 Å². The maximum atomic E-state index is 13.0. The second-order valence-electron chi connectivity index (χ2n) is 25.3. The van der Waals surface area contributed by atoms with Crippen LogP contribution in [0.15, 0.2) is 12.2 Å². The molecule has 0 aliphatic carbocycles. The molecule has 0 aromatic carbocycles. The number of aliphatic hydroxyl groups is 5. The van der Waals surface area contributed by atoms with Crippen LogP contribution >= 0.6 is 0 Å². The summed E-state index contributed by atoms with van der Waals surface area (Å²) in [5, 5.41) is 54.3. The topological polar surface area (TPSA) is 175 Å². The summed E-state index contributed by atoms with van der Waals surface area (Å²) in [6, 6.07) is -0.805. The Labute approximate surface area is 506 Å². The molecule has 1 rings (SSSR count). The van der Waals surface area contributed by atoms with Crippen molar-refractivity contribution < 1.29 is 49.3 Å². The van der Waals surface area contributed by atoms with Gasteiger partial charge in [0.25, 0.3) is 0 Å². The molecule has 0 spiro atoms. The lowest BCUT2D eigenvalue weighted by Gasteiger charge is -2.40. The van der Waals surface area contributed by atoms with Crippen LogP contribution in [0.25, 0.3) is 0 Å². The minimum Gasteiger partial charge on any atom is -0.466 e. The summed E-state index contributed by atoms with van der Waals surface area (Å²) < 4.78 is 16.7. The van der Waals surface area contributed by atoms with Crippen molar-refractivity contribution in [2.45, 2.75) is 410 Å². The molecule has 11 heteroatoms. The lowest BCUT2D eigenvalue weighted by Crippen LogP contribution is -2.60. The van der Waals surface area contributed by atoms with E-state index in [2.05, 4.69) is 19.2 Å². The monoisotopic (exact) mass is 1160 g/mol. The quantitative estimate of drug-likeness (QED) is 0.0195. The highest BCUT2D eigenvalue weighted by Gasteiger charge is 2.44.